The van der Waals surface area contributed by atoms with Crippen molar-refractivity contribution >= 4 is 28.9 Å². The van der Waals surface area contributed by atoms with Crippen LogP contribution in [0, 0.1) is 12.8 Å². The van der Waals surface area contributed by atoms with Crippen LogP contribution in [0.3, 0.4) is 0 Å². The van der Waals surface area contributed by atoms with Crippen molar-refractivity contribution in [3.05, 3.63) is 5.69 Å². The summed E-state index contributed by atoms with van der Waals surface area (Å²) in [5, 5.41) is 14.1. The summed E-state index contributed by atoms with van der Waals surface area (Å²) in [6, 6.07) is 0.242. The number of aliphatic carboxylic acids is 1. The molecule has 0 saturated carbocycles. The van der Waals surface area contributed by atoms with Gasteiger partial charge in [-0.1, -0.05) is 32.0 Å². The Morgan fingerprint density at radius 2 is 2.10 bits per heavy atom. The van der Waals surface area contributed by atoms with Crippen LogP contribution in [0.15, 0.2) is 5.16 Å². The fraction of sp³-hybridized carbons (Fsp3) is 0.643. The largest absolute Gasteiger partial charge is 0.481 e. The van der Waals surface area contributed by atoms with Crippen LogP contribution in [-0.2, 0) is 11.8 Å². The smallest absolute Gasteiger partial charge is 0.313 e. The highest BCUT2D eigenvalue weighted by Crippen LogP contribution is 2.32. The lowest BCUT2D eigenvalue weighted by Crippen LogP contribution is -2.16. The van der Waals surface area contributed by atoms with Crippen LogP contribution >= 0.6 is 11.8 Å². The molecule has 0 bridgehead atoms. The molecule has 6 nitrogen and oxygen atoms in total. The van der Waals surface area contributed by atoms with Gasteiger partial charge in [0, 0.05) is 13.1 Å². The van der Waals surface area contributed by atoms with E-state index in [2.05, 4.69) is 35.4 Å². The highest BCUT2D eigenvalue weighted by atomic mass is 32.2. The number of imidazole rings is 1. The Morgan fingerprint density at radius 1 is 1.43 bits per heavy atom. The predicted molar refractivity (Wildman–Crippen MR) is 83.8 cm³/mol. The fourth-order valence-electron chi connectivity index (χ4n) is 2.47. The van der Waals surface area contributed by atoms with Gasteiger partial charge in [0.25, 0.3) is 0 Å². The Kier molecular flexibility index (Phi) is 4.61. The molecule has 0 saturated heterocycles. The monoisotopic (exact) mass is 310 g/mol. The van der Waals surface area contributed by atoms with Gasteiger partial charge in [-0.25, -0.2) is 4.98 Å². The van der Waals surface area contributed by atoms with Crippen LogP contribution in [-0.4, -0.2) is 36.2 Å². The first-order chi connectivity index (χ1) is 9.86. The van der Waals surface area contributed by atoms with Crippen molar-refractivity contribution in [2.45, 2.75) is 45.3 Å². The molecule has 1 N–H and O–H groups in total. The van der Waals surface area contributed by atoms with Crippen LogP contribution < -0.4 is 0 Å². The summed E-state index contributed by atoms with van der Waals surface area (Å²) in [6.07, 6.45) is 1.06. The average molecular weight is 310 g/mol. The van der Waals surface area contributed by atoms with Crippen LogP contribution in [0.5, 0.6) is 0 Å². The van der Waals surface area contributed by atoms with Crippen molar-refractivity contribution in [1.29, 1.82) is 0 Å². The Hall–Kier alpha value is -1.50. The Labute approximate surface area is 128 Å². The summed E-state index contributed by atoms with van der Waals surface area (Å²) < 4.78 is 3.97. The number of carboxylic acid groups (broad SMARTS) is 1. The Balaban J connectivity index is 2.55. The van der Waals surface area contributed by atoms with Gasteiger partial charge in [0.1, 0.15) is 5.52 Å². The van der Waals surface area contributed by atoms with Crippen molar-refractivity contribution < 1.29 is 9.90 Å². The van der Waals surface area contributed by atoms with E-state index in [0.717, 1.165) is 28.4 Å². The number of fused-ring (bicyclic) bond motifs is 1. The molecule has 0 radical (unpaired) electrons. The van der Waals surface area contributed by atoms with Gasteiger partial charge in [-0.05, 0) is 19.8 Å². The molecule has 0 aliphatic rings. The van der Waals surface area contributed by atoms with Crippen LogP contribution in [0.4, 0.5) is 0 Å². The molecule has 0 aliphatic carbocycles. The van der Waals surface area contributed by atoms with Crippen LogP contribution in [0.1, 0.15) is 38.9 Å². The number of carboxylic acids is 1. The molecule has 2 heterocycles. The molecular weight excluding hydrogens is 288 g/mol. The van der Waals surface area contributed by atoms with Gasteiger partial charge in [0.2, 0.25) is 0 Å². The SMILES string of the molecule is CCC(C)C(C)n1c(SCC(=O)O)nc2c(C)nn(C)c21. The minimum Gasteiger partial charge on any atom is -0.481 e. The van der Waals surface area contributed by atoms with Crippen LogP contribution in [0.2, 0.25) is 0 Å². The summed E-state index contributed by atoms with van der Waals surface area (Å²) in [4.78, 5) is 15.5. The van der Waals surface area contributed by atoms with Gasteiger partial charge in [-0.3, -0.25) is 9.48 Å². The van der Waals surface area contributed by atoms with E-state index in [-0.39, 0.29) is 11.8 Å². The first-order valence-corrected chi connectivity index (χ1v) is 8.11. The average Bonchev–Trinajstić information content (AvgIpc) is 2.93. The van der Waals surface area contributed by atoms with Crippen molar-refractivity contribution in [2.75, 3.05) is 5.75 Å². The summed E-state index contributed by atoms with van der Waals surface area (Å²) in [5.41, 5.74) is 2.70. The third-order valence-corrected chi connectivity index (χ3v) is 4.94. The maximum atomic E-state index is 10.9. The van der Waals surface area contributed by atoms with E-state index >= 15 is 0 Å². The molecule has 2 aromatic heterocycles. The lowest BCUT2D eigenvalue weighted by molar-refractivity contribution is -0.133. The summed E-state index contributed by atoms with van der Waals surface area (Å²) in [7, 11) is 1.91. The van der Waals surface area contributed by atoms with E-state index in [9.17, 15) is 4.79 Å². The van der Waals surface area contributed by atoms with Gasteiger partial charge in [-0.15, -0.1) is 0 Å². The van der Waals surface area contributed by atoms with Gasteiger partial charge in [0.05, 0.1) is 11.4 Å². The van der Waals surface area contributed by atoms with Gasteiger partial charge < -0.3 is 9.67 Å². The predicted octanol–water partition coefficient (Wildman–Crippen LogP) is 2.86. The van der Waals surface area contributed by atoms with Gasteiger partial charge in [0.15, 0.2) is 10.8 Å². The molecule has 0 aromatic carbocycles. The molecule has 0 amide bonds. The van der Waals surface area contributed by atoms with E-state index in [1.165, 1.54) is 11.8 Å². The third-order valence-electron chi connectivity index (χ3n) is 4.00. The molecule has 2 aromatic rings. The molecule has 21 heavy (non-hydrogen) atoms. The summed E-state index contributed by atoms with van der Waals surface area (Å²) in [6.45, 7) is 8.45. The zero-order valence-corrected chi connectivity index (χ0v) is 13.9. The Morgan fingerprint density at radius 3 is 2.67 bits per heavy atom. The molecule has 0 fully saturated rings. The maximum Gasteiger partial charge on any atom is 0.313 e. The zero-order valence-electron chi connectivity index (χ0n) is 13.1. The van der Waals surface area contributed by atoms with Gasteiger partial charge >= 0.3 is 5.97 Å². The second-order valence-corrected chi connectivity index (χ2v) is 6.40. The Bertz CT molecular complexity index is 662. The van der Waals surface area contributed by atoms with E-state index in [0.29, 0.717) is 5.92 Å². The van der Waals surface area contributed by atoms with E-state index in [1.807, 2.05) is 18.7 Å². The molecule has 0 spiro atoms. The summed E-state index contributed by atoms with van der Waals surface area (Å²) >= 11 is 1.27. The number of carbonyl (C=O) groups is 1. The number of rotatable bonds is 6. The highest BCUT2D eigenvalue weighted by molar-refractivity contribution is 7.99. The second kappa shape index (κ2) is 6.09. The topological polar surface area (TPSA) is 72.9 Å². The zero-order chi connectivity index (χ0) is 15.7. The lowest BCUT2D eigenvalue weighted by atomic mass is 10.0. The maximum absolute atomic E-state index is 10.9. The number of thioether (sulfide) groups is 1. The number of aromatic nitrogens is 4. The summed E-state index contributed by atoms with van der Waals surface area (Å²) in [5.74, 6) is -0.338. The van der Waals surface area contributed by atoms with Crippen molar-refractivity contribution in [2.24, 2.45) is 13.0 Å². The van der Waals surface area contributed by atoms with Crippen molar-refractivity contribution in [1.82, 2.24) is 19.3 Å². The van der Waals surface area contributed by atoms with Crippen molar-refractivity contribution in [3.63, 3.8) is 0 Å². The van der Waals surface area contributed by atoms with Crippen molar-refractivity contribution in [3.8, 4) is 0 Å². The first kappa shape index (κ1) is 15.9. The highest BCUT2D eigenvalue weighted by Gasteiger charge is 2.24. The first-order valence-electron chi connectivity index (χ1n) is 7.12. The molecular formula is C14H22N4O2S. The number of hydrogen-bond acceptors (Lipinski definition) is 4. The molecule has 2 rings (SSSR count). The number of hydrogen-bond donors (Lipinski definition) is 1. The molecule has 2 atom stereocenters. The molecule has 7 heteroatoms. The fourth-order valence-corrected chi connectivity index (χ4v) is 3.27. The number of aryl methyl sites for hydroxylation is 2. The second-order valence-electron chi connectivity index (χ2n) is 5.45. The van der Waals surface area contributed by atoms with E-state index < -0.39 is 5.97 Å². The van der Waals surface area contributed by atoms with E-state index in [1.54, 1.807) is 0 Å². The van der Waals surface area contributed by atoms with E-state index in [4.69, 9.17) is 5.11 Å². The minimum absolute atomic E-state index is 0.0169. The third kappa shape index (κ3) is 2.92. The normalized spacial score (nSPS) is 14.5. The minimum atomic E-state index is -0.829. The van der Waals surface area contributed by atoms with Crippen LogP contribution in [0.25, 0.3) is 11.2 Å². The standard InChI is InChI=1S/C14H22N4O2S/c1-6-8(2)10(4)18-13-12(9(3)16-17(13)5)15-14(18)21-7-11(19)20/h8,10H,6-7H2,1-5H3,(H,19,20). The molecule has 2 unspecified atom stereocenters. The number of nitrogens with zero attached hydrogens (tertiary/aromatic N) is 4. The molecule has 116 valence electrons. The lowest BCUT2D eigenvalue weighted by Gasteiger charge is -2.22. The quantitative estimate of drug-likeness (QED) is 0.831. The molecule has 0 aliphatic heterocycles. The van der Waals surface area contributed by atoms with Gasteiger partial charge in [-0.2, -0.15) is 5.10 Å².